The lowest BCUT2D eigenvalue weighted by molar-refractivity contribution is -0.139. The van der Waals surface area contributed by atoms with Crippen molar-refractivity contribution in [2.45, 2.75) is 26.1 Å². The number of carboxylic acids is 1. The van der Waals surface area contributed by atoms with Crippen LogP contribution in [0.2, 0.25) is 0 Å². The molecule has 0 fully saturated rings. The maximum atomic E-state index is 10.5. The average molecular weight is 214 g/mol. The van der Waals surface area contributed by atoms with Gasteiger partial charge in [0.25, 0.3) is 0 Å². The van der Waals surface area contributed by atoms with Crippen LogP contribution in [0, 0.1) is 0 Å². The summed E-state index contributed by atoms with van der Waals surface area (Å²) in [5.74, 6) is -0.270. The van der Waals surface area contributed by atoms with Crippen molar-refractivity contribution in [3.05, 3.63) is 17.5 Å². The van der Waals surface area contributed by atoms with Crippen LogP contribution in [0.25, 0.3) is 0 Å². The summed E-state index contributed by atoms with van der Waals surface area (Å²) < 4.78 is 9.79. The summed E-state index contributed by atoms with van der Waals surface area (Å²) >= 11 is 0. The molecule has 0 aromatic carbocycles. The second-order valence-electron chi connectivity index (χ2n) is 3.16. The minimum absolute atomic E-state index is 0.362. The molecule has 15 heavy (non-hydrogen) atoms. The molecular formula is C9H14N2O4. The molecule has 1 aromatic heterocycles. The number of carboxylic acid groups (broad SMARTS) is 1. The van der Waals surface area contributed by atoms with Gasteiger partial charge in [-0.1, -0.05) is 5.16 Å². The minimum atomic E-state index is -0.893. The molecule has 0 aliphatic carbocycles. The van der Waals surface area contributed by atoms with Gasteiger partial charge >= 0.3 is 5.97 Å². The van der Waals surface area contributed by atoms with Gasteiger partial charge in [-0.3, -0.25) is 10.1 Å². The van der Waals surface area contributed by atoms with Crippen LogP contribution in [0.3, 0.4) is 0 Å². The van der Waals surface area contributed by atoms with E-state index in [1.54, 1.807) is 20.1 Å². The van der Waals surface area contributed by atoms with E-state index in [0.717, 1.165) is 0 Å². The van der Waals surface area contributed by atoms with Crippen molar-refractivity contribution in [1.29, 1.82) is 0 Å². The number of aromatic nitrogens is 1. The van der Waals surface area contributed by atoms with Gasteiger partial charge in [0.2, 0.25) is 0 Å². The lowest BCUT2D eigenvalue weighted by Crippen LogP contribution is -2.33. The normalized spacial score (nSPS) is 12.7. The molecule has 0 saturated carbocycles. The summed E-state index contributed by atoms with van der Waals surface area (Å²) in [5.41, 5.74) is 0.662. The van der Waals surface area contributed by atoms with Crippen LogP contribution in [-0.2, 0) is 22.7 Å². The highest BCUT2D eigenvalue weighted by Crippen LogP contribution is 2.04. The Kier molecular flexibility index (Phi) is 4.26. The number of hydrogen-bond donors (Lipinski definition) is 2. The molecule has 1 heterocycles. The maximum Gasteiger partial charge on any atom is 0.320 e. The van der Waals surface area contributed by atoms with E-state index in [9.17, 15) is 4.79 Å². The van der Waals surface area contributed by atoms with E-state index in [-0.39, 0.29) is 0 Å². The topological polar surface area (TPSA) is 84.6 Å². The Balaban J connectivity index is 2.40. The number of nitrogens with zero attached hydrogens (tertiary/aromatic N) is 1. The summed E-state index contributed by atoms with van der Waals surface area (Å²) in [7, 11) is 1.56. The van der Waals surface area contributed by atoms with Crippen LogP contribution in [0.15, 0.2) is 10.6 Å². The molecule has 0 spiro atoms. The predicted octanol–water partition coefficient (Wildman–Crippen LogP) is 0.384. The zero-order chi connectivity index (χ0) is 11.3. The van der Waals surface area contributed by atoms with Crippen LogP contribution in [0.1, 0.15) is 18.4 Å². The monoisotopic (exact) mass is 214 g/mol. The number of ether oxygens (including phenoxy) is 1. The highest BCUT2D eigenvalue weighted by Gasteiger charge is 2.11. The number of carbonyl (C=O) groups is 1. The Labute approximate surface area is 87.2 Å². The van der Waals surface area contributed by atoms with Gasteiger partial charge in [0.15, 0.2) is 5.76 Å². The second kappa shape index (κ2) is 5.47. The van der Waals surface area contributed by atoms with E-state index >= 15 is 0 Å². The molecule has 0 unspecified atom stereocenters. The predicted molar refractivity (Wildman–Crippen MR) is 51.2 cm³/mol. The van der Waals surface area contributed by atoms with Crippen LogP contribution in [-0.4, -0.2) is 29.4 Å². The molecule has 6 nitrogen and oxygen atoms in total. The lowest BCUT2D eigenvalue weighted by atomic mass is 10.3. The fourth-order valence-electron chi connectivity index (χ4n) is 0.994. The van der Waals surface area contributed by atoms with Gasteiger partial charge in [0.1, 0.15) is 12.6 Å². The largest absolute Gasteiger partial charge is 0.480 e. The third-order valence-corrected chi connectivity index (χ3v) is 1.85. The van der Waals surface area contributed by atoms with Crippen molar-refractivity contribution < 1.29 is 19.2 Å². The fraction of sp³-hybridized carbons (Fsp3) is 0.556. The van der Waals surface area contributed by atoms with Crippen molar-refractivity contribution in [3.63, 3.8) is 0 Å². The smallest absolute Gasteiger partial charge is 0.320 e. The summed E-state index contributed by atoms with van der Waals surface area (Å²) in [5, 5.41) is 15.2. The van der Waals surface area contributed by atoms with Gasteiger partial charge < -0.3 is 14.4 Å². The summed E-state index contributed by atoms with van der Waals surface area (Å²) in [4.78, 5) is 10.5. The van der Waals surface area contributed by atoms with Gasteiger partial charge in [0.05, 0.1) is 5.69 Å². The first kappa shape index (κ1) is 11.7. The van der Waals surface area contributed by atoms with Gasteiger partial charge in [0, 0.05) is 19.7 Å². The van der Waals surface area contributed by atoms with Gasteiger partial charge in [-0.25, -0.2) is 0 Å². The first-order chi connectivity index (χ1) is 7.13. The van der Waals surface area contributed by atoms with Gasteiger partial charge in [-0.2, -0.15) is 0 Å². The van der Waals surface area contributed by atoms with Crippen LogP contribution < -0.4 is 5.32 Å². The average Bonchev–Trinajstić information content (AvgIpc) is 2.62. The van der Waals surface area contributed by atoms with Crippen molar-refractivity contribution >= 4 is 5.97 Å². The summed E-state index contributed by atoms with van der Waals surface area (Å²) in [6, 6.07) is 1.12. The zero-order valence-electron chi connectivity index (χ0n) is 8.69. The van der Waals surface area contributed by atoms with E-state index in [2.05, 4.69) is 10.5 Å². The third-order valence-electron chi connectivity index (χ3n) is 1.85. The maximum absolute atomic E-state index is 10.5. The molecule has 1 atom stereocenters. The number of aliphatic carboxylic acids is 1. The quantitative estimate of drug-likeness (QED) is 0.712. The van der Waals surface area contributed by atoms with Gasteiger partial charge in [-0.05, 0) is 6.92 Å². The SMILES string of the molecule is COCc1cc(CN[C@@H](C)C(=O)O)no1. The highest BCUT2D eigenvalue weighted by molar-refractivity contribution is 5.72. The lowest BCUT2D eigenvalue weighted by Gasteiger charge is -2.05. The van der Waals surface area contributed by atoms with Crippen molar-refractivity contribution in [1.82, 2.24) is 10.5 Å². The molecule has 0 saturated heterocycles. The van der Waals surface area contributed by atoms with E-state index in [1.807, 2.05) is 0 Å². The summed E-state index contributed by atoms with van der Waals surface area (Å²) in [6.07, 6.45) is 0. The molecule has 2 N–H and O–H groups in total. The first-order valence-electron chi connectivity index (χ1n) is 4.53. The zero-order valence-corrected chi connectivity index (χ0v) is 8.69. The minimum Gasteiger partial charge on any atom is -0.480 e. The standard InChI is InChI=1S/C9H14N2O4/c1-6(9(12)13)10-4-7-3-8(5-14-2)15-11-7/h3,6,10H,4-5H2,1-2H3,(H,12,13)/t6-/m0/s1. The third kappa shape index (κ3) is 3.69. The summed E-state index contributed by atoms with van der Waals surface area (Å²) in [6.45, 7) is 2.29. The molecule has 1 rings (SSSR count). The molecular weight excluding hydrogens is 200 g/mol. The molecule has 1 aromatic rings. The Bertz CT molecular complexity index is 324. The second-order valence-corrected chi connectivity index (χ2v) is 3.16. The molecule has 0 aliphatic rings. The van der Waals surface area contributed by atoms with E-state index in [1.165, 1.54) is 0 Å². The number of methoxy groups -OCH3 is 1. The van der Waals surface area contributed by atoms with Crippen molar-refractivity contribution in [2.24, 2.45) is 0 Å². The van der Waals surface area contributed by atoms with Crippen molar-refractivity contribution in [3.8, 4) is 0 Å². The Morgan fingerprint density at radius 1 is 1.80 bits per heavy atom. The van der Waals surface area contributed by atoms with Crippen LogP contribution in [0.5, 0.6) is 0 Å². The molecule has 0 amide bonds. The van der Waals surface area contributed by atoms with E-state index < -0.39 is 12.0 Å². The Hall–Kier alpha value is -1.40. The Morgan fingerprint density at radius 2 is 2.53 bits per heavy atom. The molecule has 0 radical (unpaired) electrons. The van der Waals surface area contributed by atoms with Crippen LogP contribution >= 0.6 is 0 Å². The molecule has 0 aliphatic heterocycles. The number of nitrogens with one attached hydrogen (secondary N) is 1. The van der Waals surface area contributed by atoms with Crippen LogP contribution in [0.4, 0.5) is 0 Å². The van der Waals surface area contributed by atoms with Crippen molar-refractivity contribution in [2.75, 3.05) is 7.11 Å². The Morgan fingerprint density at radius 3 is 3.13 bits per heavy atom. The highest BCUT2D eigenvalue weighted by atomic mass is 16.5. The van der Waals surface area contributed by atoms with Gasteiger partial charge in [-0.15, -0.1) is 0 Å². The number of hydrogen-bond acceptors (Lipinski definition) is 5. The first-order valence-corrected chi connectivity index (χ1v) is 4.53. The number of rotatable bonds is 6. The van der Waals surface area contributed by atoms with E-state index in [4.69, 9.17) is 14.4 Å². The molecule has 0 bridgehead atoms. The molecule has 6 heteroatoms. The molecule has 84 valence electrons. The van der Waals surface area contributed by atoms with E-state index in [0.29, 0.717) is 24.6 Å². The fourth-order valence-corrected chi connectivity index (χ4v) is 0.994.